The summed E-state index contributed by atoms with van der Waals surface area (Å²) in [5.74, 6) is 0.448. The molecule has 0 bridgehead atoms. The third kappa shape index (κ3) is 2.71. The van der Waals surface area contributed by atoms with Gasteiger partial charge in [0.2, 0.25) is 0 Å². The second kappa shape index (κ2) is 6.49. The summed E-state index contributed by atoms with van der Waals surface area (Å²) in [6, 6.07) is 0. The van der Waals surface area contributed by atoms with Crippen LogP contribution in [0.3, 0.4) is 0 Å². The lowest BCUT2D eigenvalue weighted by molar-refractivity contribution is -0.0560. The number of rotatable bonds is 5. The molecule has 1 aliphatic rings. The van der Waals surface area contributed by atoms with Gasteiger partial charge in [-0.05, 0) is 22.6 Å². The molecule has 3 N–H and O–H groups in total. The summed E-state index contributed by atoms with van der Waals surface area (Å²) >= 11 is 2.20. The number of fused-ring (bicyclic) bond motifs is 1. The molecule has 2 unspecified atom stereocenters. The van der Waals surface area contributed by atoms with Crippen molar-refractivity contribution in [3.05, 3.63) is 28.7 Å². The van der Waals surface area contributed by atoms with Gasteiger partial charge >= 0.3 is 0 Å². The van der Waals surface area contributed by atoms with Crippen LogP contribution in [0.1, 0.15) is 12.6 Å². The summed E-state index contributed by atoms with van der Waals surface area (Å²) < 4.78 is 14.5. The summed E-state index contributed by atoms with van der Waals surface area (Å²) in [4.78, 5) is 8.34. The Labute approximate surface area is 141 Å². The average molecular weight is 416 g/mol. The topological polar surface area (TPSA) is 95.4 Å². The van der Waals surface area contributed by atoms with E-state index in [1.165, 1.54) is 6.33 Å². The molecule has 0 amide bonds. The molecule has 7 nitrogen and oxygen atoms in total. The number of aromatic nitrogens is 3. The third-order valence-electron chi connectivity index (χ3n) is 3.69. The van der Waals surface area contributed by atoms with Gasteiger partial charge in [0, 0.05) is 16.2 Å². The minimum absolute atomic E-state index is 0.0915. The van der Waals surface area contributed by atoms with Crippen molar-refractivity contribution >= 4 is 39.4 Å². The zero-order valence-corrected chi connectivity index (χ0v) is 14.0. The van der Waals surface area contributed by atoms with E-state index in [0.29, 0.717) is 18.8 Å². The lowest BCUT2D eigenvalue weighted by Gasteiger charge is -2.15. The molecular formula is C14H17IN4O3. The summed E-state index contributed by atoms with van der Waals surface area (Å²) in [6.07, 6.45) is 4.89. The van der Waals surface area contributed by atoms with Gasteiger partial charge < -0.3 is 24.9 Å². The van der Waals surface area contributed by atoms with Crippen molar-refractivity contribution in [2.24, 2.45) is 0 Å². The highest BCUT2D eigenvalue weighted by Crippen LogP contribution is 2.35. The van der Waals surface area contributed by atoms with Gasteiger partial charge in [-0.3, -0.25) is 0 Å². The van der Waals surface area contributed by atoms with Crippen LogP contribution >= 0.6 is 22.6 Å². The molecule has 1 fully saturated rings. The number of nitrogens with two attached hydrogens (primary N) is 1. The Morgan fingerprint density at radius 2 is 2.41 bits per heavy atom. The third-order valence-corrected chi connectivity index (χ3v) is 4.51. The molecule has 0 aliphatic carbocycles. The summed E-state index contributed by atoms with van der Waals surface area (Å²) in [5.41, 5.74) is 6.65. The van der Waals surface area contributed by atoms with Gasteiger partial charge in [0.25, 0.3) is 0 Å². The lowest BCUT2D eigenvalue weighted by Crippen LogP contribution is -2.27. The van der Waals surface area contributed by atoms with Crippen molar-refractivity contribution in [3.8, 4) is 0 Å². The van der Waals surface area contributed by atoms with Crippen LogP contribution in [0.5, 0.6) is 0 Å². The summed E-state index contributed by atoms with van der Waals surface area (Å²) in [6.45, 7) is 3.97. The van der Waals surface area contributed by atoms with Gasteiger partial charge in [-0.15, -0.1) is 6.58 Å². The van der Waals surface area contributed by atoms with Crippen LogP contribution in [0, 0.1) is 3.57 Å². The molecule has 8 heteroatoms. The van der Waals surface area contributed by atoms with Gasteiger partial charge in [-0.2, -0.15) is 0 Å². The summed E-state index contributed by atoms with van der Waals surface area (Å²) in [5, 5.41) is 10.3. The molecule has 118 valence electrons. The smallest absolute Gasteiger partial charge is 0.148 e. The first-order chi connectivity index (χ1) is 10.7. The van der Waals surface area contributed by atoms with E-state index in [4.69, 9.17) is 15.2 Å². The predicted octanol–water partition coefficient (Wildman–Crippen LogP) is 1.47. The van der Waals surface area contributed by atoms with Crippen LogP contribution in [-0.2, 0) is 9.47 Å². The van der Waals surface area contributed by atoms with Gasteiger partial charge in [0.1, 0.15) is 30.1 Å². The fraction of sp³-hybridized carbons (Fsp3) is 0.429. The second-order valence-corrected chi connectivity index (χ2v) is 6.21. The van der Waals surface area contributed by atoms with Crippen molar-refractivity contribution < 1.29 is 14.6 Å². The van der Waals surface area contributed by atoms with Crippen molar-refractivity contribution in [2.75, 3.05) is 18.9 Å². The highest BCUT2D eigenvalue weighted by molar-refractivity contribution is 14.1. The number of aliphatic hydroxyl groups is 1. The van der Waals surface area contributed by atoms with Crippen molar-refractivity contribution in [1.82, 2.24) is 14.5 Å². The number of ether oxygens (including phenoxy) is 2. The molecule has 0 spiro atoms. The van der Waals surface area contributed by atoms with Crippen molar-refractivity contribution in [1.29, 1.82) is 0 Å². The van der Waals surface area contributed by atoms with Crippen LogP contribution in [0.25, 0.3) is 11.0 Å². The Balaban J connectivity index is 1.92. The lowest BCUT2D eigenvalue weighted by atomic mass is 10.2. The molecule has 22 heavy (non-hydrogen) atoms. The van der Waals surface area contributed by atoms with Gasteiger partial charge in [-0.25, -0.2) is 9.97 Å². The first-order valence-electron chi connectivity index (χ1n) is 6.91. The molecule has 3 rings (SSSR count). The van der Waals surface area contributed by atoms with Gasteiger partial charge in [-0.1, -0.05) is 6.08 Å². The number of halogens is 1. The maximum Gasteiger partial charge on any atom is 0.148 e. The average Bonchev–Trinajstić information content (AvgIpc) is 3.07. The number of aliphatic hydroxyl groups excluding tert-OH is 1. The highest BCUT2D eigenvalue weighted by Gasteiger charge is 2.37. The first kappa shape index (κ1) is 15.7. The van der Waals surface area contributed by atoms with Crippen LogP contribution < -0.4 is 5.73 Å². The molecule has 0 saturated carbocycles. The molecule has 0 aromatic carbocycles. The normalized spacial score (nSPS) is 24.9. The standard InChI is InChI=1S/C14H17IN4O3/c1-2-3-21-9-4-11(22-10(9)6-20)19-5-8(15)12-13(16)17-7-18-14(12)19/h2,5,7,9-11,20H,1,3-4,6H2,(H2,16,17,18)/t9?,10?,11-/m1/s1. The fourth-order valence-corrected chi connectivity index (χ4v) is 3.50. The second-order valence-electron chi connectivity index (χ2n) is 5.05. The van der Waals surface area contributed by atoms with E-state index in [0.717, 1.165) is 14.6 Å². The Hall–Kier alpha value is -1.23. The molecule has 3 heterocycles. The zero-order chi connectivity index (χ0) is 15.7. The molecule has 0 radical (unpaired) electrons. The van der Waals surface area contributed by atoms with E-state index >= 15 is 0 Å². The molecule has 1 saturated heterocycles. The minimum Gasteiger partial charge on any atom is -0.394 e. The number of hydrogen-bond donors (Lipinski definition) is 2. The van der Waals surface area contributed by atoms with Crippen LogP contribution in [0.2, 0.25) is 0 Å². The number of nitrogens with zero attached hydrogens (tertiary/aromatic N) is 3. The van der Waals surface area contributed by atoms with E-state index in [2.05, 4.69) is 39.1 Å². The molecular weight excluding hydrogens is 399 g/mol. The van der Waals surface area contributed by atoms with Crippen molar-refractivity contribution in [2.45, 2.75) is 24.9 Å². The van der Waals surface area contributed by atoms with E-state index in [-0.39, 0.29) is 25.0 Å². The number of anilines is 1. The fourth-order valence-electron chi connectivity index (χ4n) is 2.68. The Morgan fingerprint density at radius 3 is 3.14 bits per heavy atom. The Bertz CT molecular complexity index is 690. The molecule has 2 aromatic heterocycles. The van der Waals surface area contributed by atoms with Crippen molar-refractivity contribution in [3.63, 3.8) is 0 Å². The first-order valence-corrected chi connectivity index (χ1v) is 7.99. The largest absolute Gasteiger partial charge is 0.394 e. The molecule has 2 aromatic rings. The van der Waals surface area contributed by atoms with Crippen LogP contribution in [0.15, 0.2) is 25.2 Å². The minimum atomic E-state index is -0.362. The quantitative estimate of drug-likeness (QED) is 0.566. The van der Waals surface area contributed by atoms with E-state index < -0.39 is 0 Å². The predicted molar refractivity (Wildman–Crippen MR) is 90.2 cm³/mol. The number of hydrogen-bond acceptors (Lipinski definition) is 6. The summed E-state index contributed by atoms with van der Waals surface area (Å²) in [7, 11) is 0. The van der Waals surface area contributed by atoms with Gasteiger partial charge in [0.05, 0.1) is 24.7 Å². The Morgan fingerprint density at radius 1 is 1.59 bits per heavy atom. The van der Waals surface area contributed by atoms with E-state index in [9.17, 15) is 5.11 Å². The molecule has 1 aliphatic heterocycles. The van der Waals surface area contributed by atoms with Gasteiger partial charge in [0.15, 0.2) is 0 Å². The van der Waals surface area contributed by atoms with Crippen LogP contribution in [-0.4, -0.2) is 45.1 Å². The zero-order valence-electron chi connectivity index (χ0n) is 11.9. The maximum absolute atomic E-state index is 9.48. The maximum atomic E-state index is 9.48. The highest BCUT2D eigenvalue weighted by atomic mass is 127. The number of nitrogen functional groups attached to an aromatic ring is 1. The van der Waals surface area contributed by atoms with E-state index in [1.54, 1.807) is 6.08 Å². The SMILES string of the molecule is C=CCOC1C[C@H](n2cc(I)c3c(N)ncnc32)OC1CO. The Kier molecular flexibility index (Phi) is 4.62. The monoisotopic (exact) mass is 416 g/mol. The van der Waals surface area contributed by atoms with E-state index in [1.807, 2.05) is 10.8 Å². The molecule has 3 atom stereocenters. The van der Waals surface area contributed by atoms with Crippen LogP contribution in [0.4, 0.5) is 5.82 Å².